The van der Waals surface area contributed by atoms with Gasteiger partial charge in [-0.25, -0.2) is 0 Å². The van der Waals surface area contributed by atoms with Crippen LogP contribution in [0.3, 0.4) is 0 Å². The lowest BCUT2D eigenvalue weighted by Gasteiger charge is -2.34. The van der Waals surface area contributed by atoms with Gasteiger partial charge in [0.15, 0.2) is 5.82 Å². The fourth-order valence-electron chi connectivity index (χ4n) is 3.37. The number of hydrogen-bond acceptors (Lipinski definition) is 6. The van der Waals surface area contributed by atoms with Crippen LogP contribution in [0.4, 0.5) is 0 Å². The third kappa shape index (κ3) is 5.56. The Morgan fingerprint density at radius 3 is 2.76 bits per heavy atom. The molecule has 1 atom stereocenters. The minimum Gasteiger partial charge on any atom is -0.493 e. The van der Waals surface area contributed by atoms with Gasteiger partial charge in [-0.2, -0.15) is 4.98 Å². The highest BCUT2D eigenvalue weighted by molar-refractivity contribution is 5.82. The molecule has 2 heterocycles. The van der Waals surface area contributed by atoms with Gasteiger partial charge in [-0.3, -0.25) is 9.59 Å². The molecule has 0 bridgehead atoms. The lowest BCUT2D eigenvalue weighted by Crippen LogP contribution is -2.50. The molecule has 2 amide bonds. The van der Waals surface area contributed by atoms with Crippen molar-refractivity contribution in [3.05, 3.63) is 42.0 Å². The van der Waals surface area contributed by atoms with Crippen LogP contribution in [0, 0.1) is 12.8 Å². The summed E-state index contributed by atoms with van der Waals surface area (Å²) in [5, 5.41) is 6.90. The molecular formula is C21H28N4O4. The molecule has 1 aromatic carbocycles. The Labute approximate surface area is 170 Å². The summed E-state index contributed by atoms with van der Waals surface area (Å²) in [6.45, 7) is 6.78. The Kier molecular flexibility index (Phi) is 6.51. The molecule has 1 fully saturated rings. The number of nitrogens with zero attached hydrogens (tertiary/aromatic N) is 3. The van der Waals surface area contributed by atoms with E-state index in [1.807, 2.05) is 44.2 Å². The minimum atomic E-state index is -0.745. The molecule has 1 saturated heterocycles. The first-order valence-electron chi connectivity index (χ1n) is 9.93. The van der Waals surface area contributed by atoms with Crippen molar-refractivity contribution in [3.63, 3.8) is 0 Å². The maximum absolute atomic E-state index is 12.8. The smallest absolute Gasteiger partial charge is 0.226 e. The molecule has 0 radical (unpaired) electrons. The second-order valence-corrected chi connectivity index (χ2v) is 7.84. The second-order valence-electron chi connectivity index (χ2n) is 7.84. The molecule has 156 valence electrons. The molecular weight excluding hydrogens is 372 g/mol. The minimum absolute atomic E-state index is 0.00600. The van der Waals surface area contributed by atoms with E-state index >= 15 is 0 Å². The van der Waals surface area contributed by atoms with Crippen molar-refractivity contribution >= 4 is 11.8 Å². The van der Waals surface area contributed by atoms with E-state index in [1.54, 1.807) is 11.8 Å². The average molecular weight is 400 g/mol. The maximum atomic E-state index is 12.8. The molecule has 1 aliphatic rings. The zero-order chi connectivity index (χ0) is 20.9. The number of aromatic nitrogens is 2. The molecule has 3 rings (SSSR count). The van der Waals surface area contributed by atoms with Crippen molar-refractivity contribution in [1.82, 2.24) is 20.4 Å². The summed E-state index contributed by atoms with van der Waals surface area (Å²) < 4.78 is 10.6. The van der Waals surface area contributed by atoms with Gasteiger partial charge in [0.05, 0.1) is 24.5 Å². The normalized spacial score (nSPS) is 17.1. The number of rotatable bonds is 7. The van der Waals surface area contributed by atoms with E-state index < -0.39 is 5.54 Å². The number of para-hydroxylation sites is 1. The van der Waals surface area contributed by atoms with Crippen LogP contribution in [-0.2, 0) is 15.1 Å². The quantitative estimate of drug-likeness (QED) is 0.767. The zero-order valence-corrected chi connectivity index (χ0v) is 17.2. The van der Waals surface area contributed by atoms with Crippen LogP contribution in [0.1, 0.15) is 44.8 Å². The third-order valence-corrected chi connectivity index (χ3v) is 5.00. The van der Waals surface area contributed by atoms with Crippen LogP contribution in [0.25, 0.3) is 0 Å². The first kappa shape index (κ1) is 20.8. The van der Waals surface area contributed by atoms with E-state index in [1.165, 1.54) is 0 Å². The van der Waals surface area contributed by atoms with E-state index in [-0.39, 0.29) is 24.2 Å². The maximum Gasteiger partial charge on any atom is 0.226 e. The van der Waals surface area contributed by atoms with Crippen molar-refractivity contribution in [2.24, 2.45) is 5.92 Å². The highest BCUT2D eigenvalue weighted by Gasteiger charge is 2.34. The number of hydrogen-bond donors (Lipinski definition) is 1. The summed E-state index contributed by atoms with van der Waals surface area (Å²) in [5.41, 5.74) is -0.745. The largest absolute Gasteiger partial charge is 0.493 e. The molecule has 0 aliphatic carbocycles. The average Bonchev–Trinajstić information content (AvgIpc) is 3.16. The zero-order valence-electron chi connectivity index (χ0n) is 17.2. The number of carbonyl (C=O) groups is 2. The highest BCUT2D eigenvalue weighted by atomic mass is 16.5. The summed E-state index contributed by atoms with van der Waals surface area (Å²) in [4.78, 5) is 31.3. The van der Waals surface area contributed by atoms with Crippen LogP contribution in [0.2, 0.25) is 0 Å². The third-order valence-electron chi connectivity index (χ3n) is 5.00. The summed E-state index contributed by atoms with van der Waals surface area (Å²) in [7, 11) is 0. The number of amides is 2. The summed E-state index contributed by atoms with van der Waals surface area (Å²) in [5.74, 6) is 1.28. The van der Waals surface area contributed by atoms with Gasteiger partial charge in [0, 0.05) is 20.0 Å². The van der Waals surface area contributed by atoms with Crippen molar-refractivity contribution in [1.29, 1.82) is 0 Å². The monoisotopic (exact) mass is 400 g/mol. The van der Waals surface area contributed by atoms with Crippen LogP contribution in [0.15, 0.2) is 34.9 Å². The lowest BCUT2D eigenvalue weighted by molar-refractivity contribution is -0.136. The van der Waals surface area contributed by atoms with Gasteiger partial charge in [0.1, 0.15) is 5.75 Å². The second kappa shape index (κ2) is 9.07. The summed E-state index contributed by atoms with van der Waals surface area (Å²) >= 11 is 0. The number of likely N-dealkylation sites (tertiary alicyclic amines) is 1. The lowest BCUT2D eigenvalue weighted by atomic mass is 9.94. The Bertz CT molecular complexity index is 834. The van der Waals surface area contributed by atoms with Gasteiger partial charge >= 0.3 is 0 Å². The molecule has 8 heteroatoms. The Morgan fingerprint density at radius 1 is 1.31 bits per heavy atom. The highest BCUT2D eigenvalue weighted by Crippen LogP contribution is 2.22. The van der Waals surface area contributed by atoms with Crippen LogP contribution >= 0.6 is 0 Å². The molecule has 2 aromatic rings. The van der Waals surface area contributed by atoms with E-state index in [2.05, 4.69) is 15.5 Å². The van der Waals surface area contributed by atoms with Crippen molar-refractivity contribution < 1.29 is 18.8 Å². The molecule has 0 spiro atoms. The van der Waals surface area contributed by atoms with Crippen LogP contribution in [-0.4, -0.2) is 46.6 Å². The van der Waals surface area contributed by atoms with Gasteiger partial charge in [-0.1, -0.05) is 23.4 Å². The number of benzene rings is 1. The van der Waals surface area contributed by atoms with Crippen LogP contribution in [0.5, 0.6) is 5.75 Å². The van der Waals surface area contributed by atoms with Gasteiger partial charge in [0.2, 0.25) is 17.7 Å². The van der Waals surface area contributed by atoms with Crippen molar-refractivity contribution in [2.75, 3.05) is 19.7 Å². The Morgan fingerprint density at radius 2 is 2.07 bits per heavy atom. The van der Waals surface area contributed by atoms with Gasteiger partial charge in [0.25, 0.3) is 0 Å². The van der Waals surface area contributed by atoms with Gasteiger partial charge in [-0.15, -0.1) is 0 Å². The molecule has 8 nitrogen and oxygen atoms in total. The fraction of sp³-hybridized carbons (Fsp3) is 0.524. The summed E-state index contributed by atoms with van der Waals surface area (Å²) in [6.07, 6.45) is 1.83. The fourth-order valence-corrected chi connectivity index (χ4v) is 3.37. The van der Waals surface area contributed by atoms with E-state index in [4.69, 9.17) is 9.26 Å². The number of nitrogens with one attached hydrogen (secondary N) is 1. The van der Waals surface area contributed by atoms with E-state index in [0.29, 0.717) is 31.4 Å². The summed E-state index contributed by atoms with van der Waals surface area (Å²) in [6, 6.07) is 9.42. The SMILES string of the molecule is Cc1nc(C(C)(C)NC(=O)C2CCCN(C(=O)CCOc3ccccc3)C2)no1. The van der Waals surface area contributed by atoms with Gasteiger partial charge < -0.3 is 19.5 Å². The predicted octanol–water partition coefficient (Wildman–Crippen LogP) is 2.44. The molecule has 0 saturated carbocycles. The Hall–Kier alpha value is -2.90. The first-order valence-corrected chi connectivity index (χ1v) is 9.93. The molecule has 29 heavy (non-hydrogen) atoms. The molecule has 1 aromatic heterocycles. The van der Waals surface area contributed by atoms with Crippen LogP contribution < -0.4 is 10.1 Å². The predicted molar refractivity (Wildman–Crippen MR) is 106 cm³/mol. The molecule has 1 aliphatic heterocycles. The number of aryl methyl sites for hydroxylation is 1. The van der Waals surface area contributed by atoms with E-state index in [9.17, 15) is 9.59 Å². The number of ether oxygens (including phenoxy) is 1. The standard InChI is InChI=1S/C21H28N4O4/c1-15-22-20(24-29-15)21(2,3)23-19(27)16-8-7-12-25(14-16)18(26)11-13-28-17-9-5-4-6-10-17/h4-6,9-10,16H,7-8,11-14H2,1-3H3,(H,23,27). The molecule has 1 unspecified atom stereocenters. The molecule has 1 N–H and O–H groups in total. The van der Waals surface area contributed by atoms with E-state index in [0.717, 1.165) is 18.6 Å². The van der Waals surface area contributed by atoms with Crippen molar-refractivity contribution in [2.45, 2.75) is 45.6 Å². The van der Waals surface area contributed by atoms with Crippen molar-refractivity contribution in [3.8, 4) is 5.75 Å². The topological polar surface area (TPSA) is 97.6 Å². The Balaban J connectivity index is 1.50. The number of carbonyl (C=O) groups excluding carboxylic acids is 2. The first-order chi connectivity index (χ1) is 13.8. The van der Waals surface area contributed by atoms with Gasteiger partial charge in [-0.05, 0) is 38.8 Å². The number of piperidine rings is 1.